The molecule has 1 atom stereocenters. The van der Waals surface area contributed by atoms with Crippen LogP contribution in [-0.4, -0.2) is 17.7 Å². The minimum absolute atomic E-state index is 0.00335. The third-order valence-corrected chi connectivity index (χ3v) is 4.11. The van der Waals surface area contributed by atoms with E-state index in [2.05, 4.69) is 20.8 Å². The molecular formula is C19H31NO3S. The molecule has 24 heavy (non-hydrogen) atoms. The summed E-state index contributed by atoms with van der Waals surface area (Å²) in [6.45, 7) is 12.0. The third-order valence-electron chi connectivity index (χ3n) is 3.56. The van der Waals surface area contributed by atoms with E-state index in [9.17, 15) is 4.79 Å². The van der Waals surface area contributed by atoms with Gasteiger partial charge in [0.15, 0.2) is 0 Å². The van der Waals surface area contributed by atoms with E-state index in [-0.39, 0.29) is 17.5 Å². The molecule has 1 aromatic rings. The van der Waals surface area contributed by atoms with Crippen LogP contribution in [-0.2, 0) is 9.53 Å². The van der Waals surface area contributed by atoms with Crippen molar-refractivity contribution in [1.82, 2.24) is 0 Å². The van der Waals surface area contributed by atoms with Gasteiger partial charge in [-0.2, -0.15) is 0 Å². The van der Waals surface area contributed by atoms with Gasteiger partial charge in [-0.25, -0.2) is 0 Å². The van der Waals surface area contributed by atoms with Crippen molar-refractivity contribution in [3.63, 3.8) is 0 Å². The number of hydrogen-bond acceptors (Lipinski definition) is 5. The van der Waals surface area contributed by atoms with Gasteiger partial charge >= 0.3 is 5.97 Å². The summed E-state index contributed by atoms with van der Waals surface area (Å²) < 4.78 is 11.3. The molecule has 0 aromatic heterocycles. The summed E-state index contributed by atoms with van der Waals surface area (Å²) in [5.41, 5.74) is -0.422. The second kappa shape index (κ2) is 8.77. The number of ether oxygens (including phenoxy) is 2. The average Bonchev–Trinajstić information content (AvgIpc) is 2.44. The lowest BCUT2D eigenvalue weighted by Crippen LogP contribution is -2.27. The van der Waals surface area contributed by atoms with E-state index in [1.54, 1.807) is 0 Å². The second-order valence-electron chi connectivity index (χ2n) is 7.97. The Morgan fingerprint density at radius 1 is 1.17 bits per heavy atom. The SMILES string of the molecule is CC(CC(C)(C)CCC(=O)OC(C)(C)C)Oc1ccc(SN)cc1. The quantitative estimate of drug-likeness (QED) is 0.529. The molecule has 4 nitrogen and oxygen atoms in total. The largest absolute Gasteiger partial charge is 0.491 e. The van der Waals surface area contributed by atoms with Crippen LogP contribution in [0.5, 0.6) is 5.75 Å². The van der Waals surface area contributed by atoms with E-state index in [1.807, 2.05) is 45.0 Å². The van der Waals surface area contributed by atoms with Crippen LogP contribution in [0.4, 0.5) is 0 Å². The van der Waals surface area contributed by atoms with Crippen molar-refractivity contribution in [2.24, 2.45) is 10.6 Å². The fourth-order valence-corrected chi connectivity index (χ4v) is 2.88. The van der Waals surface area contributed by atoms with Crippen LogP contribution in [0.15, 0.2) is 29.2 Å². The summed E-state index contributed by atoms with van der Waals surface area (Å²) in [6.07, 6.45) is 2.14. The minimum atomic E-state index is -0.425. The molecule has 2 N–H and O–H groups in total. The molecule has 0 heterocycles. The molecule has 0 saturated heterocycles. The predicted octanol–water partition coefficient (Wildman–Crippen LogP) is 4.96. The Bertz CT molecular complexity index is 520. The molecule has 0 bridgehead atoms. The highest BCUT2D eigenvalue weighted by atomic mass is 32.2. The van der Waals surface area contributed by atoms with Gasteiger partial charge in [0, 0.05) is 11.3 Å². The Hall–Kier alpha value is -1.20. The number of hydrogen-bond donors (Lipinski definition) is 1. The lowest BCUT2D eigenvalue weighted by Gasteiger charge is -2.29. The molecule has 1 rings (SSSR count). The first-order valence-corrected chi connectivity index (χ1v) is 9.24. The summed E-state index contributed by atoms with van der Waals surface area (Å²) in [7, 11) is 0. The molecule has 136 valence electrons. The van der Waals surface area contributed by atoms with Crippen LogP contribution in [0.3, 0.4) is 0 Å². The summed E-state index contributed by atoms with van der Waals surface area (Å²) >= 11 is 1.22. The molecule has 0 fully saturated rings. The van der Waals surface area contributed by atoms with Crippen LogP contribution >= 0.6 is 11.9 Å². The van der Waals surface area contributed by atoms with E-state index < -0.39 is 5.60 Å². The number of carbonyl (C=O) groups excluding carboxylic acids is 1. The van der Waals surface area contributed by atoms with Crippen molar-refractivity contribution in [2.75, 3.05) is 0 Å². The number of esters is 1. The monoisotopic (exact) mass is 353 g/mol. The van der Waals surface area contributed by atoms with Gasteiger partial charge in [0.25, 0.3) is 0 Å². The number of rotatable bonds is 8. The summed E-state index contributed by atoms with van der Waals surface area (Å²) in [5.74, 6) is 0.697. The maximum absolute atomic E-state index is 11.9. The zero-order valence-electron chi connectivity index (χ0n) is 15.7. The normalized spacial score (nSPS) is 13.5. The molecule has 1 aromatic carbocycles. The van der Waals surface area contributed by atoms with Crippen molar-refractivity contribution in [3.8, 4) is 5.75 Å². The van der Waals surface area contributed by atoms with Gasteiger partial charge in [0.2, 0.25) is 0 Å². The van der Waals surface area contributed by atoms with Crippen LogP contribution < -0.4 is 9.88 Å². The van der Waals surface area contributed by atoms with Crippen LogP contribution in [0, 0.1) is 5.41 Å². The molecule has 5 heteroatoms. The Kier molecular flexibility index (Phi) is 7.61. The van der Waals surface area contributed by atoms with E-state index in [0.29, 0.717) is 6.42 Å². The maximum atomic E-state index is 11.9. The first kappa shape index (κ1) is 20.8. The van der Waals surface area contributed by atoms with Crippen LogP contribution in [0.2, 0.25) is 0 Å². The molecule has 0 spiro atoms. The lowest BCUT2D eigenvalue weighted by atomic mass is 9.82. The Morgan fingerprint density at radius 2 is 1.75 bits per heavy atom. The van der Waals surface area contributed by atoms with Gasteiger partial charge in [-0.05, 0) is 82.2 Å². The molecule has 1 unspecified atom stereocenters. The molecule has 0 amide bonds. The maximum Gasteiger partial charge on any atom is 0.306 e. The minimum Gasteiger partial charge on any atom is -0.491 e. The van der Waals surface area contributed by atoms with Crippen LogP contribution in [0.25, 0.3) is 0 Å². The second-order valence-corrected chi connectivity index (χ2v) is 8.68. The molecule has 0 aliphatic rings. The topological polar surface area (TPSA) is 61.5 Å². The molecular weight excluding hydrogens is 322 g/mol. The molecule has 0 aliphatic carbocycles. The van der Waals surface area contributed by atoms with Crippen molar-refractivity contribution < 1.29 is 14.3 Å². The highest BCUT2D eigenvalue weighted by molar-refractivity contribution is 7.97. The molecule has 0 saturated carbocycles. The summed E-state index contributed by atoms with van der Waals surface area (Å²) in [4.78, 5) is 12.9. The Labute approximate surface area is 150 Å². The molecule has 0 aliphatic heterocycles. The van der Waals surface area contributed by atoms with Gasteiger partial charge in [-0.3, -0.25) is 9.93 Å². The number of carbonyl (C=O) groups is 1. The Morgan fingerprint density at radius 3 is 2.25 bits per heavy atom. The van der Waals surface area contributed by atoms with E-state index >= 15 is 0 Å². The van der Waals surface area contributed by atoms with Gasteiger partial charge in [0.1, 0.15) is 11.4 Å². The fraction of sp³-hybridized carbons (Fsp3) is 0.632. The standard InChI is InChI=1S/C19H31NO3S/c1-14(22-15-7-9-16(24-20)10-8-15)13-19(5,6)12-11-17(21)23-18(2,3)4/h7-10,14H,11-13,20H2,1-6H3. The van der Waals surface area contributed by atoms with Gasteiger partial charge in [-0.15, -0.1) is 0 Å². The summed E-state index contributed by atoms with van der Waals surface area (Å²) in [6, 6.07) is 7.75. The fourth-order valence-electron chi connectivity index (χ4n) is 2.58. The number of benzene rings is 1. The molecule has 0 radical (unpaired) electrons. The first-order valence-electron chi connectivity index (χ1n) is 8.36. The van der Waals surface area contributed by atoms with Gasteiger partial charge in [0.05, 0.1) is 6.10 Å². The van der Waals surface area contributed by atoms with E-state index in [4.69, 9.17) is 14.6 Å². The predicted molar refractivity (Wildman–Crippen MR) is 100 cm³/mol. The van der Waals surface area contributed by atoms with Gasteiger partial charge < -0.3 is 9.47 Å². The van der Waals surface area contributed by atoms with Crippen molar-refractivity contribution in [1.29, 1.82) is 0 Å². The van der Waals surface area contributed by atoms with E-state index in [1.165, 1.54) is 11.9 Å². The summed E-state index contributed by atoms with van der Waals surface area (Å²) in [5, 5.41) is 5.52. The van der Waals surface area contributed by atoms with Crippen molar-refractivity contribution >= 4 is 17.9 Å². The van der Waals surface area contributed by atoms with Crippen molar-refractivity contribution in [3.05, 3.63) is 24.3 Å². The number of nitrogens with two attached hydrogens (primary N) is 1. The van der Waals surface area contributed by atoms with Crippen LogP contribution in [0.1, 0.15) is 60.8 Å². The average molecular weight is 354 g/mol. The highest BCUT2D eigenvalue weighted by Crippen LogP contribution is 2.30. The highest BCUT2D eigenvalue weighted by Gasteiger charge is 2.25. The zero-order chi connectivity index (χ0) is 18.4. The Balaban J connectivity index is 2.45. The van der Waals surface area contributed by atoms with Crippen molar-refractivity contribution in [2.45, 2.75) is 77.4 Å². The van der Waals surface area contributed by atoms with Gasteiger partial charge in [-0.1, -0.05) is 13.8 Å². The zero-order valence-corrected chi connectivity index (χ0v) is 16.5. The smallest absolute Gasteiger partial charge is 0.306 e. The lowest BCUT2D eigenvalue weighted by molar-refractivity contribution is -0.155. The van der Waals surface area contributed by atoms with E-state index in [0.717, 1.165) is 23.5 Å². The first-order chi connectivity index (χ1) is 11.0. The third kappa shape index (κ3) is 8.60.